The average Bonchev–Trinajstić information content (AvgIpc) is 2.82. The van der Waals surface area contributed by atoms with Crippen LogP contribution in [0.3, 0.4) is 0 Å². The number of hydrogen-bond acceptors (Lipinski definition) is 2. The van der Waals surface area contributed by atoms with Gasteiger partial charge >= 0.3 is 0 Å². The van der Waals surface area contributed by atoms with Crippen LogP contribution < -0.4 is 5.32 Å². The molecule has 1 amide bonds. The molecule has 0 bridgehead atoms. The van der Waals surface area contributed by atoms with Crippen molar-refractivity contribution in [1.29, 1.82) is 0 Å². The number of nitrogens with one attached hydrogen (secondary N) is 1. The molecule has 0 aliphatic rings. The fraction of sp³-hybridized carbons (Fsp3) is 0.154. The van der Waals surface area contributed by atoms with E-state index in [2.05, 4.69) is 21.2 Å². The molecule has 1 N–H and O–H groups in total. The third-order valence-electron chi connectivity index (χ3n) is 2.48. The maximum Gasteiger partial charge on any atom is 0.265 e. The van der Waals surface area contributed by atoms with E-state index in [0.29, 0.717) is 4.88 Å². The summed E-state index contributed by atoms with van der Waals surface area (Å²) in [5.41, 5.74) is -0.431. The monoisotopic (exact) mass is 345 g/mol. The third-order valence-corrected chi connectivity index (χ3v) is 4.17. The topological polar surface area (TPSA) is 29.1 Å². The van der Waals surface area contributed by atoms with Gasteiger partial charge in [-0.15, -0.1) is 11.3 Å². The Morgan fingerprint density at radius 2 is 1.95 bits per heavy atom. The molecule has 0 saturated heterocycles. The Labute approximate surface area is 121 Å². The molecular formula is C13H10BrF2NOS. The van der Waals surface area contributed by atoms with E-state index >= 15 is 0 Å². The van der Waals surface area contributed by atoms with Gasteiger partial charge in [0.05, 0.1) is 4.88 Å². The van der Waals surface area contributed by atoms with Gasteiger partial charge < -0.3 is 5.32 Å². The molecular weight excluding hydrogens is 336 g/mol. The van der Waals surface area contributed by atoms with E-state index in [4.69, 9.17) is 0 Å². The van der Waals surface area contributed by atoms with Gasteiger partial charge in [-0.1, -0.05) is 22.9 Å². The maximum atomic E-state index is 13.6. The molecule has 1 heterocycles. The van der Waals surface area contributed by atoms with E-state index in [0.717, 1.165) is 23.4 Å². The molecule has 1 aromatic heterocycles. The number of amides is 1. The van der Waals surface area contributed by atoms with Crippen molar-refractivity contribution < 1.29 is 13.6 Å². The summed E-state index contributed by atoms with van der Waals surface area (Å²) in [5, 5.41) is 2.26. The largest absolute Gasteiger partial charge is 0.316 e. The highest BCUT2D eigenvalue weighted by molar-refractivity contribution is 9.10. The van der Waals surface area contributed by atoms with Gasteiger partial charge in [-0.2, -0.15) is 0 Å². The molecule has 2 nitrogen and oxygen atoms in total. The molecule has 6 heteroatoms. The van der Waals surface area contributed by atoms with Gasteiger partial charge in [-0.05, 0) is 30.7 Å². The van der Waals surface area contributed by atoms with Crippen molar-refractivity contribution in [2.24, 2.45) is 0 Å². The van der Waals surface area contributed by atoms with E-state index in [9.17, 15) is 13.6 Å². The minimum atomic E-state index is -0.813. The van der Waals surface area contributed by atoms with Crippen LogP contribution in [0, 0.1) is 11.6 Å². The third kappa shape index (κ3) is 3.19. The average molecular weight is 346 g/mol. The van der Waals surface area contributed by atoms with Crippen molar-refractivity contribution in [3.63, 3.8) is 0 Å². The van der Waals surface area contributed by atoms with Gasteiger partial charge in [0, 0.05) is 9.35 Å². The molecule has 1 aromatic carbocycles. The van der Waals surface area contributed by atoms with Crippen molar-refractivity contribution in [1.82, 2.24) is 0 Å². The van der Waals surface area contributed by atoms with Gasteiger partial charge in [0.15, 0.2) is 11.6 Å². The predicted octanol–water partition coefficient (Wildman–Crippen LogP) is 4.60. The number of carbonyl (C=O) groups excluding carboxylic acids is 1. The van der Waals surface area contributed by atoms with Crippen LogP contribution in [0.25, 0.3) is 0 Å². The lowest BCUT2D eigenvalue weighted by Crippen LogP contribution is -2.13. The Morgan fingerprint density at radius 1 is 1.32 bits per heavy atom. The first-order valence-electron chi connectivity index (χ1n) is 5.56. The number of benzene rings is 1. The molecule has 0 spiro atoms. The van der Waals surface area contributed by atoms with Crippen molar-refractivity contribution in [2.45, 2.75) is 13.3 Å². The molecule has 0 fully saturated rings. The number of aryl methyl sites for hydroxylation is 1. The molecule has 19 heavy (non-hydrogen) atoms. The summed E-state index contributed by atoms with van der Waals surface area (Å²) in [6, 6.07) is 5.68. The van der Waals surface area contributed by atoms with Crippen LogP contribution in [0.5, 0.6) is 0 Å². The van der Waals surface area contributed by atoms with Crippen molar-refractivity contribution in [2.75, 3.05) is 5.32 Å². The second-order valence-electron chi connectivity index (χ2n) is 3.82. The van der Waals surface area contributed by atoms with E-state index in [1.54, 1.807) is 6.07 Å². The summed E-state index contributed by atoms with van der Waals surface area (Å²) < 4.78 is 27.4. The Morgan fingerprint density at radius 3 is 2.47 bits per heavy atom. The molecule has 0 aliphatic carbocycles. The Bertz CT molecular complexity index is 604. The highest BCUT2D eigenvalue weighted by Gasteiger charge is 2.15. The smallest absolute Gasteiger partial charge is 0.265 e. The lowest BCUT2D eigenvalue weighted by atomic mass is 10.3. The molecule has 0 aliphatic heterocycles. The zero-order chi connectivity index (χ0) is 14.0. The highest BCUT2D eigenvalue weighted by Crippen LogP contribution is 2.25. The molecule has 0 unspecified atom stereocenters. The van der Waals surface area contributed by atoms with Crippen LogP contribution in [0.2, 0.25) is 0 Å². The van der Waals surface area contributed by atoms with Crippen molar-refractivity contribution >= 4 is 38.9 Å². The van der Waals surface area contributed by atoms with E-state index in [-0.39, 0.29) is 4.47 Å². The molecule has 2 rings (SSSR count). The molecule has 2 aromatic rings. The summed E-state index contributed by atoms with van der Waals surface area (Å²) in [4.78, 5) is 13.4. The van der Waals surface area contributed by atoms with Gasteiger partial charge in [-0.3, -0.25) is 4.79 Å². The van der Waals surface area contributed by atoms with E-state index in [1.165, 1.54) is 11.3 Å². The number of carbonyl (C=O) groups is 1. The fourth-order valence-corrected chi connectivity index (χ4v) is 2.77. The SMILES string of the molecule is CCc1ccc(C(=O)Nc2c(F)cc(Br)cc2F)s1. The summed E-state index contributed by atoms with van der Waals surface area (Å²) >= 11 is 4.29. The quantitative estimate of drug-likeness (QED) is 0.864. The van der Waals surface area contributed by atoms with Gasteiger partial charge in [0.25, 0.3) is 5.91 Å². The van der Waals surface area contributed by atoms with E-state index in [1.807, 2.05) is 13.0 Å². The standard InChI is InChI=1S/C13H10BrF2NOS/c1-2-8-3-4-11(19-8)13(18)17-12-9(15)5-7(14)6-10(12)16/h3-6H,2H2,1H3,(H,17,18). The number of hydrogen-bond donors (Lipinski definition) is 1. The maximum absolute atomic E-state index is 13.6. The molecule has 0 saturated carbocycles. The van der Waals surface area contributed by atoms with Crippen LogP contribution in [-0.2, 0) is 6.42 Å². The second kappa shape index (κ2) is 5.79. The lowest BCUT2D eigenvalue weighted by Gasteiger charge is -2.07. The zero-order valence-corrected chi connectivity index (χ0v) is 12.4. The van der Waals surface area contributed by atoms with Crippen LogP contribution in [0.15, 0.2) is 28.7 Å². The Hall–Kier alpha value is -1.27. The highest BCUT2D eigenvalue weighted by atomic mass is 79.9. The normalized spacial score (nSPS) is 10.5. The van der Waals surface area contributed by atoms with Crippen LogP contribution >= 0.6 is 27.3 Å². The van der Waals surface area contributed by atoms with Crippen molar-refractivity contribution in [3.05, 3.63) is 50.1 Å². The van der Waals surface area contributed by atoms with Crippen LogP contribution in [-0.4, -0.2) is 5.91 Å². The summed E-state index contributed by atoms with van der Waals surface area (Å²) in [5.74, 6) is -2.13. The molecule has 0 atom stereocenters. The van der Waals surface area contributed by atoms with Gasteiger partial charge in [0.1, 0.15) is 5.69 Å². The number of rotatable bonds is 3. The second-order valence-corrected chi connectivity index (χ2v) is 5.90. The fourth-order valence-electron chi connectivity index (χ4n) is 1.53. The Kier molecular flexibility index (Phi) is 4.31. The Balaban J connectivity index is 2.24. The minimum Gasteiger partial charge on any atom is -0.316 e. The van der Waals surface area contributed by atoms with Crippen LogP contribution in [0.4, 0.5) is 14.5 Å². The first-order chi connectivity index (χ1) is 9.01. The molecule has 100 valence electrons. The minimum absolute atomic E-state index is 0.282. The predicted molar refractivity (Wildman–Crippen MR) is 75.7 cm³/mol. The lowest BCUT2D eigenvalue weighted by molar-refractivity contribution is 0.102. The van der Waals surface area contributed by atoms with E-state index < -0.39 is 23.2 Å². The summed E-state index contributed by atoms with van der Waals surface area (Å²) in [6.07, 6.45) is 0.818. The molecule has 0 radical (unpaired) electrons. The number of anilines is 1. The van der Waals surface area contributed by atoms with Gasteiger partial charge in [0.2, 0.25) is 0 Å². The van der Waals surface area contributed by atoms with Crippen LogP contribution in [0.1, 0.15) is 21.5 Å². The zero-order valence-electron chi connectivity index (χ0n) is 9.97. The van der Waals surface area contributed by atoms with Gasteiger partial charge in [-0.25, -0.2) is 8.78 Å². The summed E-state index contributed by atoms with van der Waals surface area (Å²) in [7, 11) is 0. The van der Waals surface area contributed by atoms with Crippen molar-refractivity contribution in [3.8, 4) is 0 Å². The first-order valence-corrected chi connectivity index (χ1v) is 7.16. The summed E-state index contributed by atoms with van der Waals surface area (Å²) in [6.45, 7) is 1.97. The number of halogens is 3. The first kappa shape index (κ1) is 14.1. The number of thiophene rings is 1.